The second-order valence-corrected chi connectivity index (χ2v) is 10.1. The number of ether oxygens (including phenoxy) is 2. The lowest BCUT2D eigenvalue weighted by molar-refractivity contribution is -0.134. The molecule has 0 N–H and O–H groups in total. The van der Waals surface area contributed by atoms with Crippen molar-refractivity contribution in [3.63, 3.8) is 0 Å². The molecule has 1 aromatic heterocycles. The van der Waals surface area contributed by atoms with Crippen LogP contribution in [0.2, 0.25) is 0 Å². The molecule has 3 aromatic rings. The van der Waals surface area contributed by atoms with E-state index in [1.54, 1.807) is 48.7 Å². The van der Waals surface area contributed by atoms with Crippen molar-refractivity contribution in [2.75, 3.05) is 33.9 Å². The van der Waals surface area contributed by atoms with Crippen molar-refractivity contribution in [3.05, 3.63) is 81.5 Å². The molecule has 0 saturated heterocycles. The molecule has 0 bridgehead atoms. The SMILES string of the molecule is COc1cc(OC)cc(C(=O)N(CC(=O)N2CCc3sccc3C2c2ccccc2)CC(C)C)c1. The number of benzene rings is 2. The fourth-order valence-corrected chi connectivity index (χ4v) is 5.51. The lowest BCUT2D eigenvalue weighted by atomic mass is 9.93. The molecule has 2 aromatic carbocycles. The van der Waals surface area contributed by atoms with Gasteiger partial charge in [0.15, 0.2) is 0 Å². The van der Waals surface area contributed by atoms with Crippen molar-refractivity contribution in [2.24, 2.45) is 5.92 Å². The number of methoxy groups -OCH3 is 2. The molecule has 0 spiro atoms. The highest BCUT2D eigenvalue weighted by Crippen LogP contribution is 2.37. The van der Waals surface area contributed by atoms with Crippen molar-refractivity contribution in [1.29, 1.82) is 0 Å². The molecular formula is C28H32N2O4S. The van der Waals surface area contributed by atoms with Gasteiger partial charge in [0.25, 0.3) is 5.91 Å². The topological polar surface area (TPSA) is 59.1 Å². The van der Waals surface area contributed by atoms with Crippen LogP contribution in [0.4, 0.5) is 0 Å². The van der Waals surface area contributed by atoms with Gasteiger partial charge in [-0.2, -0.15) is 0 Å². The number of fused-ring (bicyclic) bond motifs is 1. The van der Waals surface area contributed by atoms with Crippen molar-refractivity contribution >= 4 is 23.2 Å². The van der Waals surface area contributed by atoms with E-state index in [9.17, 15) is 9.59 Å². The number of hydrogen-bond acceptors (Lipinski definition) is 5. The predicted molar refractivity (Wildman–Crippen MR) is 138 cm³/mol. The standard InChI is InChI=1S/C28H32N2O4S/c1-19(2)17-29(28(32)21-14-22(33-3)16-23(15-21)34-4)18-26(31)30-12-10-25-24(11-13-35-25)27(30)20-8-6-5-7-9-20/h5-9,11,13-16,19,27H,10,12,17-18H2,1-4H3. The molecule has 1 aliphatic heterocycles. The number of rotatable bonds is 8. The summed E-state index contributed by atoms with van der Waals surface area (Å²) in [6.07, 6.45) is 0.827. The fraction of sp³-hybridized carbons (Fsp3) is 0.357. The fourth-order valence-electron chi connectivity index (χ4n) is 4.61. The molecule has 0 radical (unpaired) electrons. The van der Waals surface area contributed by atoms with Gasteiger partial charge in [0.2, 0.25) is 5.91 Å². The van der Waals surface area contributed by atoms with Crippen LogP contribution < -0.4 is 9.47 Å². The van der Waals surface area contributed by atoms with Gasteiger partial charge in [0, 0.05) is 29.6 Å². The van der Waals surface area contributed by atoms with Crippen LogP contribution in [0.5, 0.6) is 11.5 Å². The predicted octanol–water partition coefficient (Wildman–Crippen LogP) is 5.04. The first kappa shape index (κ1) is 24.8. The summed E-state index contributed by atoms with van der Waals surface area (Å²) in [7, 11) is 3.11. The molecule has 1 atom stereocenters. The quantitative estimate of drug-likeness (QED) is 0.442. The Morgan fingerprint density at radius 1 is 1.06 bits per heavy atom. The molecule has 4 rings (SSSR count). The molecule has 1 aliphatic rings. The first-order valence-corrected chi connectivity index (χ1v) is 12.7. The summed E-state index contributed by atoms with van der Waals surface area (Å²) in [4.78, 5) is 32.3. The Morgan fingerprint density at radius 2 is 1.74 bits per heavy atom. The summed E-state index contributed by atoms with van der Waals surface area (Å²) in [5.41, 5.74) is 2.70. The minimum absolute atomic E-state index is 0.0132. The Hall–Kier alpha value is -3.32. The zero-order valence-electron chi connectivity index (χ0n) is 20.7. The van der Waals surface area contributed by atoms with Gasteiger partial charge in [-0.25, -0.2) is 0 Å². The summed E-state index contributed by atoms with van der Waals surface area (Å²) in [6, 6.07) is 17.2. The van der Waals surface area contributed by atoms with Crippen molar-refractivity contribution < 1.29 is 19.1 Å². The minimum Gasteiger partial charge on any atom is -0.497 e. The summed E-state index contributed by atoms with van der Waals surface area (Å²) >= 11 is 1.74. The van der Waals surface area contributed by atoms with E-state index < -0.39 is 0 Å². The minimum atomic E-state index is -0.214. The van der Waals surface area contributed by atoms with Crippen molar-refractivity contribution in [2.45, 2.75) is 26.3 Å². The van der Waals surface area contributed by atoms with Crippen LogP contribution in [0, 0.1) is 5.92 Å². The Bertz CT molecular complexity index is 1150. The Kier molecular flexibility index (Phi) is 7.76. The van der Waals surface area contributed by atoms with Crippen LogP contribution in [-0.4, -0.2) is 55.5 Å². The molecule has 0 saturated carbocycles. The molecule has 1 unspecified atom stereocenters. The van der Waals surface area contributed by atoms with Crippen LogP contribution in [0.1, 0.15) is 46.3 Å². The summed E-state index contributed by atoms with van der Waals surface area (Å²) in [5, 5.41) is 2.10. The molecule has 2 heterocycles. The van der Waals surface area contributed by atoms with Crippen molar-refractivity contribution in [1.82, 2.24) is 9.80 Å². The second kappa shape index (κ2) is 11.0. The van der Waals surface area contributed by atoms with E-state index in [0.717, 1.165) is 12.0 Å². The number of amides is 2. The van der Waals surface area contributed by atoms with E-state index in [0.29, 0.717) is 30.2 Å². The molecule has 0 aliphatic carbocycles. The van der Waals surface area contributed by atoms with Crippen LogP contribution in [-0.2, 0) is 11.2 Å². The van der Waals surface area contributed by atoms with Crippen LogP contribution >= 0.6 is 11.3 Å². The van der Waals surface area contributed by atoms with E-state index in [1.165, 1.54) is 10.4 Å². The number of carbonyl (C=O) groups excluding carboxylic acids is 2. The first-order chi connectivity index (χ1) is 16.9. The van der Waals surface area contributed by atoms with Gasteiger partial charge in [-0.1, -0.05) is 44.2 Å². The number of thiophene rings is 1. The van der Waals surface area contributed by atoms with E-state index >= 15 is 0 Å². The maximum absolute atomic E-state index is 13.8. The smallest absolute Gasteiger partial charge is 0.254 e. The Balaban J connectivity index is 1.63. The average molecular weight is 493 g/mol. The largest absolute Gasteiger partial charge is 0.497 e. The van der Waals surface area contributed by atoms with E-state index in [-0.39, 0.29) is 30.3 Å². The van der Waals surface area contributed by atoms with E-state index in [4.69, 9.17) is 9.47 Å². The normalized spacial score (nSPS) is 15.0. The van der Waals surface area contributed by atoms with Gasteiger partial charge in [-0.05, 0) is 47.0 Å². The van der Waals surface area contributed by atoms with Gasteiger partial charge in [0.05, 0.1) is 20.3 Å². The zero-order valence-corrected chi connectivity index (χ0v) is 21.5. The monoisotopic (exact) mass is 492 g/mol. The summed E-state index contributed by atoms with van der Waals surface area (Å²) in [5.74, 6) is 1.00. The molecule has 7 heteroatoms. The van der Waals surface area contributed by atoms with Gasteiger partial charge in [-0.3, -0.25) is 9.59 Å². The zero-order chi connectivity index (χ0) is 24.9. The van der Waals surface area contributed by atoms with Gasteiger partial charge in [0.1, 0.15) is 18.0 Å². The molecule has 0 fully saturated rings. The summed E-state index contributed by atoms with van der Waals surface area (Å²) < 4.78 is 10.7. The number of nitrogens with zero attached hydrogens (tertiary/aromatic N) is 2. The maximum atomic E-state index is 13.8. The van der Waals surface area contributed by atoms with Crippen LogP contribution in [0.15, 0.2) is 60.0 Å². The Labute approximate surface area is 211 Å². The van der Waals surface area contributed by atoms with Gasteiger partial charge in [-0.15, -0.1) is 11.3 Å². The number of carbonyl (C=O) groups is 2. The van der Waals surface area contributed by atoms with E-state index in [1.807, 2.05) is 36.9 Å². The average Bonchev–Trinajstić information content (AvgIpc) is 3.36. The third-order valence-corrected chi connectivity index (χ3v) is 7.20. The maximum Gasteiger partial charge on any atom is 0.254 e. The summed E-state index contributed by atoms with van der Waals surface area (Å²) in [6.45, 7) is 5.20. The Morgan fingerprint density at radius 3 is 2.37 bits per heavy atom. The second-order valence-electron chi connectivity index (χ2n) is 9.13. The van der Waals surface area contributed by atoms with E-state index in [2.05, 4.69) is 23.6 Å². The van der Waals surface area contributed by atoms with Gasteiger partial charge >= 0.3 is 0 Å². The first-order valence-electron chi connectivity index (χ1n) is 11.8. The third-order valence-electron chi connectivity index (χ3n) is 6.20. The molecular weight excluding hydrogens is 460 g/mol. The van der Waals surface area contributed by atoms with Crippen LogP contribution in [0.3, 0.4) is 0 Å². The third kappa shape index (κ3) is 5.51. The highest BCUT2D eigenvalue weighted by atomic mass is 32.1. The molecule has 2 amide bonds. The molecule has 6 nitrogen and oxygen atoms in total. The lowest BCUT2D eigenvalue weighted by Gasteiger charge is -2.38. The van der Waals surface area contributed by atoms with Gasteiger partial charge < -0.3 is 19.3 Å². The molecule has 35 heavy (non-hydrogen) atoms. The van der Waals surface area contributed by atoms with Crippen LogP contribution in [0.25, 0.3) is 0 Å². The number of hydrogen-bond donors (Lipinski definition) is 0. The molecule has 184 valence electrons. The highest BCUT2D eigenvalue weighted by molar-refractivity contribution is 7.10. The van der Waals surface area contributed by atoms with Crippen molar-refractivity contribution in [3.8, 4) is 11.5 Å². The lowest BCUT2D eigenvalue weighted by Crippen LogP contribution is -2.47. The highest BCUT2D eigenvalue weighted by Gasteiger charge is 2.34.